The van der Waals surface area contributed by atoms with Gasteiger partial charge in [0, 0.05) is 17.9 Å². The maximum absolute atomic E-state index is 5.01. The Labute approximate surface area is 59.7 Å². The van der Waals surface area contributed by atoms with Crippen molar-refractivity contribution in [3.63, 3.8) is 0 Å². The van der Waals surface area contributed by atoms with Gasteiger partial charge in [-0.1, -0.05) is 0 Å². The molecular weight excluding hydrogens is 134 g/mol. The molecule has 0 aromatic carbocycles. The summed E-state index contributed by atoms with van der Waals surface area (Å²) in [7, 11) is 1.69. The third-order valence-corrected chi connectivity index (χ3v) is 2.18. The lowest BCUT2D eigenvalue weighted by Crippen LogP contribution is -2.00. The largest absolute Gasteiger partial charge is 0.484 e. The van der Waals surface area contributed by atoms with Crippen LogP contribution in [0.25, 0.3) is 0 Å². The van der Waals surface area contributed by atoms with Crippen molar-refractivity contribution >= 4 is 17.7 Å². The topological polar surface area (TPSA) is 21.6 Å². The summed E-state index contributed by atoms with van der Waals surface area (Å²) in [5.74, 6) is 3.22. The molecule has 1 heterocycles. The van der Waals surface area contributed by atoms with Crippen LogP contribution in [0.15, 0.2) is 4.99 Å². The van der Waals surface area contributed by atoms with Gasteiger partial charge in [0.15, 0.2) is 5.90 Å². The van der Waals surface area contributed by atoms with E-state index < -0.39 is 0 Å². The Hall–Kier alpha value is -0.180. The highest BCUT2D eigenvalue weighted by molar-refractivity contribution is 7.99. The van der Waals surface area contributed by atoms with Gasteiger partial charge in [0.1, 0.15) is 0 Å². The van der Waals surface area contributed by atoms with E-state index in [0.717, 1.165) is 30.4 Å². The summed E-state index contributed by atoms with van der Waals surface area (Å²) in [4.78, 5) is 4.22. The second kappa shape index (κ2) is 3.77. The number of thioether (sulfide) groups is 1. The predicted molar refractivity (Wildman–Crippen MR) is 41.3 cm³/mol. The summed E-state index contributed by atoms with van der Waals surface area (Å²) in [6, 6.07) is 0. The Balaban J connectivity index is 2.37. The van der Waals surface area contributed by atoms with Crippen LogP contribution in [0.1, 0.15) is 6.42 Å². The van der Waals surface area contributed by atoms with Crippen molar-refractivity contribution in [3.05, 3.63) is 0 Å². The second-order valence-electron chi connectivity index (χ2n) is 1.84. The Morgan fingerprint density at radius 2 is 2.44 bits per heavy atom. The molecule has 52 valence electrons. The Kier molecular flexibility index (Phi) is 2.91. The summed E-state index contributed by atoms with van der Waals surface area (Å²) in [6.07, 6.45) is 1.00. The minimum absolute atomic E-state index is 0.917. The van der Waals surface area contributed by atoms with Gasteiger partial charge in [-0.05, 0) is 0 Å². The van der Waals surface area contributed by atoms with Crippen molar-refractivity contribution in [3.8, 4) is 0 Å². The van der Waals surface area contributed by atoms with Crippen LogP contribution in [0.4, 0.5) is 0 Å². The van der Waals surface area contributed by atoms with Crippen LogP contribution in [-0.4, -0.2) is 31.1 Å². The molecule has 1 aliphatic heterocycles. The lowest BCUT2D eigenvalue weighted by molar-refractivity contribution is 0.391. The number of ether oxygens (including phenoxy) is 1. The Morgan fingerprint density at radius 3 is 3.22 bits per heavy atom. The van der Waals surface area contributed by atoms with Gasteiger partial charge in [-0.25, -0.2) is 0 Å². The fraction of sp³-hybridized carbons (Fsp3) is 0.833. The number of hydrogen-bond donors (Lipinski definition) is 0. The first-order valence-electron chi connectivity index (χ1n) is 3.08. The number of methoxy groups -OCH3 is 1. The van der Waals surface area contributed by atoms with E-state index in [1.165, 1.54) is 0 Å². The number of aliphatic imine (C=N–C) groups is 1. The normalized spacial score (nSPS) is 20.3. The first kappa shape index (κ1) is 6.93. The third-order valence-electron chi connectivity index (χ3n) is 1.22. The van der Waals surface area contributed by atoms with E-state index in [2.05, 4.69) is 4.99 Å². The molecule has 0 unspecified atom stereocenters. The van der Waals surface area contributed by atoms with Gasteiger partial charge in [-0.2, -0.15) is 11.8 Å². The van der Waals surface area contributed by atoms with Gasteiger partial charge in [0.05, 0.1) is 13.7 Å². The highest BCUT2D eigenvalue weighted by Gasteiger charge is 2.01. The molecule has 3 heteroatoms. The minimum Gasteiger partial charge on any atom is -0.484 e. The van der Waals surface area contributed by atoms with Gasteiger partial charge in [0.2, 0.25) is 0 Å². The summed E-state index contributed by atoms with van der Waals surface area (Å²) < 4.78 is 5.01. The Bertz CT molecular complexity index is 114. The van der Waals surface area contributed by atoms with E-state index >= 15 is 0 Å². The lowest BCUT2D eigenvalue weighted by Gasteiger charge is -1.98. The van der Waals surface area contributed by atoms with Gasteiger partial charge < -0.3 is 4.74 Å². The van der Waals surface area contributed by atoms with E-state index in [0.29, 0.717) is 0 Å². The maximum atomic E-state index is 5.01. The van der Waals surface area contributed by atoms with Crippen LogP contribution in [0.2, 0.25) is 0 Å². The molecule has 0 bridgehead atoms. The summed E-state index contributed by atoms with van der Waals surface area (Å²) in [6.45, 7) is 0.924. The molecule has 9 heavy (non-hydrogen) atoms. The molecule has 2 nitrogen and oxygen atoms in total. The zero-order chi connectivity index (χ0) is 6.53. The molecule has 1 aliphatic rings. The fourth-order valence-electron chi connectivity index (χ4n) is 0.742. The van der Waals surface area contributed by atoms with Crippen molar-refractivity contribution in [1.29, 1.82) is 0 Å². The lowest BCUT2D eigenvalue weighted by atomic mass is 10.5. The Morgan fingerprint density at radius 1 is 1.56 bits per heavy atom. The predicted octanol–water partition coefficient (Wildman–Crippen LogP) is 1.17. The molecule has 0 amide bonds. The number of nitrogens with zero attached hydrogens (tertiary/aromatic N) is 1. The molecule has 0 saturated heterocycles. The maximum Gasteiger partial charge on any atom is 0.183 e. The SMILES string of the molecule is COC1=NCCSCC1. The highest BCUT2D eigenvalue weighted by atomic mass is 32.2. The molecule has 0 aromatic rings. The van der Waals surface area contributed by atoms with Crippen molar-refractivity contribution in [1.82, 2.24) is 0 Å². The van der Waals surface area contributed by atoms with Gasteiger partial charge in [-0.3, -0.25) is 4.99 Å². The molecule has 0 fully saturated rings. The molecule has 0 N–H and O–H groups in total. The average molecular weight is 145 g/mol. The first-order chi connectivity index (χ1) is 4.43. The van der Waals surface area contributed by atoms with E-state index in [1.54, 1.807) is 7.11 Å². The van der Waals surface area contributed by atoms with E-state index in [9.17, 15) is 0 Å². The van der Waals surface area contributed by atoms with Crippen LogP contribution < -0.4 is 0 Å². The van der Waals surface area contributed by atoms with Gasteiger partial charge in [0.25, 0.3) is 0 Å². The van der Waals surface area contributed by atoms with Crippen LogP contribution >= 0.6 is 11.8 Å². The molecule has 0 atom stereocenters. The molecule has 0 saturated carbocycles. The monoisotopic (exact) mass is 145 g/mol. The van der Waals surface area contributed by atoms with Crippen molar-refractivity contribution < 1.29 is 4.74 Å². The van der Waals surface area contributed by atoms with Crippen LogP contribution in [0.5, 0.6) is 0 Å². The van der Waals surface area contributed by atoms with E-state index in [1.807, 2.05) is 11.8 Å². The standard InChI is InChI=1S/C6H11NOS/c1-8-6-2-4-9-5-3-7-6/h2-5H2,1H3. The summed E-state index contributed by atoms with van der Waals surface area (Å²) >= 11 is 1.94. The van der Waals surface area contributed by atoms with Crippen LogP contribution in [0, 0.1) is 0 Å². The van der Waals surface area contributed by atoms with Crippen molar-refractivity contribution in [2.24, 2.45) is 4.99 Å². The third kappa shape index (κ3) is 2.26. The van der Waals surface area contributed by atoms with Crippen molar-refractivity contribution in [2.75, 3.05) is 25.2 Å². The van der Waals surface area contributed by atoms with E-state index in [-0.39, 0.29) is 0 Å². The van der Waals surface area contributed by atoms with Crippen LogP contribution in [0.3, 0.4) is 0 Å². The summed E-state index contributed by atoms with van der Waals surface area (Å²) in [5, 5.41) is 0. The smallest absolute Gasteiger partial charge is 0.183 e. The first-order valence-corrected chi connectivity index (χ1v) is 4.24. The molecule has 0 spiro atoms. The fourth-order valence-corrected chi connectivity index (χ4v) is 1.49. The second-order valence-corrected chi connectivity index (χ2v) is 3.07. The van der Waals surface area contributed by atoms with Gasteiger partial charge >= 0.3 is 0 Å². The zero-order valence-corrected chi connectivity index (χ0v) is 6.41. The zero-order valence-electron chi connectivity index (χ0n) is 5.59. The molecule has 0 aromatic heterocycles. The molecule has 0 radical (unpaired) electrons. The molecule has 0 aliphatic carbocycles. The van der Waals surface area contributed by atoms with Crippen LogP contribution in [-0.2, 0) is 4.74 Å². The minimum atomic E-state index is 0.917. The van der Waals surface area contributed by atoms with E-state index in [4.69, 9.17) is 4.74 Å². The summed E-state index contributed by atoms with van der Waals surface area (Å²) in [5.41, 5.74) is 0. The number of rotatable bonds is 0. The molecular formula is C6H11NOS. The van der Waals surface area contributed by atoms with Gasteiger partial charge in [-0.15, -0.1) is 0 Å². The number of hydrogen-bond acceptors (Lipinski definition) is 3. The quantitative estimate of drug-likeness (QED) is 0.510. The average Bonchev–Trinajstić information content (AvgIpc) is 2.13. The van der Waals surface area contributed by atoms with Crippen molar-refractivity contribution in [2.45, 2.75) is 6.42 Å². The highest BCUT2D eigenvalue weighted by Crippen LogP contribution is 2.07. The molecule has 1 rings (SSSR count).